The fraction of sp³-hybridized carbons (Fsp3) is 0. The van der Waals surface area contributed by atoms with Gasteiger partial charge in [-0.25, -0.2) is 9.97 Å². The minimum absolute atomic E-state index is 0.808. The summed E-state index contributed by atoms with van der Waals surface area (Å²) in [7, 11) is 0. The van der Waals surface area contributed by atoms with Gasteiger partial charge in [0.05, 0.1) is 49.7 Å². The Morgan fingerprint density at radius 1 is 0.271 bits per heavy atom. The van der Waals surface area contributed by atoms with Crippen LogP contribution < -0.4 is 0 Å². The Labute approximate surface area is 399 Å². The lowest BCUT2D eigenvalue weighted by molar-refractivity contribution is 0.979. The zero-order valence-corrected chi connectivity index (χ0v) is 37.6. The SMILES string of the molecule is c1ccc2c(c1)ccc1c3ccccc3n(-c3cc(-c4ccc5c(c4)c4ccccc4n5-c4nc5ccccc5c5nc6ccccc6n45)cc(-n4c5ccccc5c5ccc6ccccc6c54)c3)c21. The number of nitrogens with zero attached hydrogens (tertiary/aromatic N) is 6. The molecule has 324 valence electrons. The maximum atomic E-state index is 5.45. The van der Waals surface area contributed by atoms with Gasteiger partial charge < -0.3 is 9.13 Å². The van der Waals surface area contributed by atoms with Crippen LogP contribution >= 0.6 is 0 Å². The molecule has 16 rings (SSSR count). The molecule has 70 heavy (non-hydrogen) atoms. The first kappa shape index (κ1) is 37.6. The van der Waals surface area contributed by atoms with Gasteiger partial charge in [0.2, 0.25) is 5.95 Å². The van der Waals surface area contributed by atoms with Gasteiger partial charge >= 0.3 is 0 Å². The van der Waals surface area contributed by atoms with Crippen molar-refractivity contribution in [3.05, 3.63) is 231 Å². The van der Waals surface area contributed by atoms with Crippen molar-refractivity contribution in [3.63, 3.8) is 0 Å². The number of hydrogen-bond donors (Lipinski definition) is 0. The molecule has 0 bridgehead atoms. The summed E-state index contributed by atoms with van der Waals surface area (Å²) >= 11 is 0. The Hall–Kier alpha value is -9.52. The maximum absolute atomic E-state index is 5.45. The van der Waals surface area contributed by atoms with Crippen LogP contribution in [0.4, 0.5) is 0 Å². The fourth-order valence-corrected chi connectivity index (χ4v) is 11.9. The summed E-state index contributed by atoms with van der Waals surface area (Å²) in [6.45, 7) is 0. The molecular weight excluding hydrogens is 853 g/mol. The highest BCUT2D eigenvalue weighted by Crippen LogP contribution is 2.43. The molecule has 0 amide bonds. The first-order valence-electron chi connectivity index (χ1n) is 23.9. The Morgan fingerprint density at radius 2 is 0.743 bits per heavy atom. The van der Waals surface area contributed by atoms with Crippen LogP contribution in [0, 0.1) is 0 Å². The van der Waals surface area contributed by atoms with Crippen LogP contribution in [0.15, 0.2) is 231 Å². The van der Waals surface area contributed by atoms with E-state index in [2.05, 4.69) is 249 Å². The Kier molecular flexibility index (Phi) is 7.52. The third kappa shape index (κ3) is 5.11. The molecule has 0 atom stereocenters. The predicted octanol–water partition coefficient (Wildman–Crippen LogP) is 16.3. The highest BCUT2D eigenvalue weighted by atomic mass is 15.2. The second kappa shape index (κ2) is 14.0. The fourth-order valence-electron chi connectivity index (χ4n) is 11.9. The van der Waals surface area contributed by atoms with E-state index in [0.29, 0.717) is 0 Å². The first-order chi connectivity index (χ1) is 34.7. The van der Waals surface area contributed by atoms with Gasteiger partial charge in [0.1, 0.15) is 5.65 Å². The van der Waals surface area contributed by atoms with E-state index in [9.17, 15) is 0 Å². The largest absolute Gasteiger partial charge is 0.309 e. The van der Waals surface area contributed by atoms with Crippen molar-refractivity contribution in [2.75, 3.05) is 0 Å². The first-order valence-corrected chi connectivity index (χ1v) is 23.9. The molecule has 0 saturated carbocycles. The Bertz CT molecular complexity index is 4730. The lowest BCUT2D eigenvalue weighted by Crippen LogP contribution is -2.06. The van der Waals surface area contributed by atoms with E-state index in [-0.39, 0.29) is 0 Å². The van der Waals surface area contributed by atoms with E-state index >= 15 is 0 Å². The molecule has 11 aromatic carbocycles. The average molecular weight is 891 g/mol. The monoisotopic (exact) mass is 890 g/mol. The maximum Gasteiger partial charge on any atom is 0.221 e. The van der Waals surface area contributed by atoms with Gasteiger partial charge in [-0.3, -0.25) is 8.97 Å². The van der Waals surface area contributed by atoms with Crippen molar-refractivity contribution in [1.82, 2.24) is 28.1 Å². The third-order valence-electron chi connectivity index (χ3n) is 14.9. The average Bonchev–Trinajstić information content (AvgIpc) is 4.18. The van der Waals surface area contributed by atoms with Crippen molar-refractivity contribution in [2.45, 2.75) is 0 Å². The van der Waals surface area contributed by atoms with Gasteiger partial charge in [0, 0.05) is 59.9 Å². The molecule has 0 saturated heterocycles. The molecular formula is C64H38N6. The molecule has 5 heterocycles. The van der Waals surface area contributed by atoms with Crippen LogP contribution in [0.5, 0.6) is 0 Å². The van der Waals surface area contributed by atoms with Crippen LogP contribution in [0.2, 0.25) is 0 Å². The molecule has 0 aliphatic rings. The Balaban J connectivity index is 1.02. The molecule has 16 aromatic rings. The van der Waals surface area contributed by atoms with Gasteiger partial charge in [-0.15, -0.1) is 0 Å². The van der Waals surface area contributed by atoms with E-state index in [1.807, 2.05) is 0 Å². The second-order valence-corrected chi connectivity index (χ2v) is 18.6. The standard InChI is InChI=1S/C64H38N6/c1-3-17-45-39(15-1)29-32-50-47-19-6-11-25-56(47)67(61(45)50)43-35-42(36-44(38-43)68-57-26-12-7-20-48(57)51-33-30-40-16-2-4-18-46(40)62(51)68)41-31-34-59-53(37-41)49-21-8-13-27-58(49)69(59)64-66-54-23-9-5-22-52(54)63-65-55-24-10-14-28-60(55)70(63)64/h1-38H. The molecule has 0 unspecified atom stereocenters. The van der Waals surface area contributed by atoms with Gasteiger partial charge in [-0.2, -0.15) is 0 Å². The van der Waals surface area contributed by atoms with Crippen molar-refractivity contribution >= 4 is 115 Å². The van der Waals surface area contributed by atoms with Crippen LogP contribution in [0.1, 0.15) is 0 Å². The molecule has 0 fully saturated rings. The van der Waals surface area contributed by atoms with Crippen LogP contribution in [-0.2, 0) is 0 Å². The minimum Gasteiger partial charge on any atom is -0.309 e. The number of rotatable bonds is 4. The topological polar surface area (TPSA) is 45.0 Å². The number of benzene rings is 11. The van der Waals surface area contributed by atoms with Crippen molar-refractivity contribution in [3.8, 4) is 28.5 Å². The predicted molar refractivity (Wildman–Crippen MR) is 291 cm³/mol. The number of hydrogen-bond acceptors (Lipinski definition) is 2. The van der Waals surface area contributed by atoms with E-state index in [0.717, 1.165) is 77.8 Å². The van der Waals surface area contributed by atoms with E-state index in [1.165, 1.54) is 65.2 Å². The van der Waals surface area contributed by atoms with E-state index in [1.54, 1.807) is 0 Å². The summed E-state index contributed by atoms with van der Waals surface area (Å²) in [5, 5.41) is 13.1. The second-order valence-electron chi connectivity index (χ2n) is 18.6. The van der Waals surface area contributed by atoms with E-state index in [4.69, 9.17) is 9.97 Å². The molecule has 6 nitrogen and oxygen atoms in total. The third-order valence-corrected chi connectivity index (χ3v) is 14.9. The lowest BCUT2D eigenvalue weighted by Gasteiger charge is -2.17. The summed E-state index contributed by atoms with van der Waals surface area (Å²) in [5.74, 6) is 0.808. The Morgan fingerprint density at radius 3 is 1.36 bits per heavy atom. The zero-order valence-electron chi connectivity index (χ0n) is 37.6. The summed E-state index contributed by atoms with van der Waals surface area (Å²) in [6.07, 6.45) is 0. The highest BCUT2D eigenvalue weighted by molar-refractivity contribution is 6.20. The molecule has 0 spiro atoms. The summed E-state index contributed by atoms with van der Waals surface area (Å²) in [4.78, 5) is 10.7. The van der Waals surface area contributed by atoms with Crippen LogP contribution in [-0.4, -0.2) is 28.1 Å². The molecule has 6 heteroatoms. The quantitative estimate of drug-likeness (QED) is 0.177. The van der Waals surface area contributed by atoms with Crippen molar-refractivity contribution in [1.29, 1.82) is 0 Å². The lowest BCUT2D eigenvalue weighted by atomic mass is 10.0. The van der Waals surface area contributed by atoms with Crippen molar-refractivity contribution in [2.24, 2.45) is 0 Å². The number of para-hydroxylation sites is 6. The molecule has 5 aromatic heterocycles. The van der Waals surface area contributed by atoms with Crippen LogP contribution in [0.25, 0.3) is 143 Å². The highest BCUT2D eigenvalue weighted by Gasteiger charge is 2.23. The van der Waals surface area contributed by atoms with Gasteiger partial charge in [0.25, 0.3) is 0 Å². The molecule has 0 aliphatic heterocycles. The van der Waals surface area contributed by atoms with Gasteiger partial charge in [-0.05, 0) is 94.7 Å². The summed E-state index contributed by atoms with van der Waals surface area (Å²) in [5.41, 5.74) is 15.1. The summed E-state index contributed by atoms with van der Waals surface area (Å²) < 4.78 is 9.57. The van der Waals surface area contributed by atoms with Gasteiger partial charge in [-0.1, -0.05) is 158 Å². The van der Waals surface area contributed by atoms with E-state index < -0.39 is 0 Å². The molecule has 0 N–H and O–H groups in total. The smallest absolute Gasteiger partial charge is 0.221 e. The van der Waals surface area contributed by atoms with Gasteiger partial charge in [0.15, 0.2) is 0 Å². The van der Waals surface area contributed by atoms with Crippen molar-refractivity contribution < 1.29 is 0 Å². The van der Waals surface area contributed by atoms with Crippen LogP contribution in [0.3, 0.4) is 0 Å². The zero-order chi connectivity index (χ0) is 45.6. The summed E-state index contributed by atoms with van der Waals surface area (Å²) in [6, 6.07) is 84.1. The number of fused-ring (bicyclic) bond motifs is 18. The molecule has 0 radical (unpaired) electrons. The normalized spacial score (nSPS) is 12.3. The number of aromatic nitrogens is 6. The minimum atomic E-state index is 0.808. The molecule has 0 aliphatic carbocycles. The number of imidazole rings is 1.